The van der Waals surface area contributed by atoms with Crippen LogP contribution in [0.1, 0.15) is 25.8 Å². The Labute approximate surface area is 164 Å². The van der Waals surface area contributed by atoms with Gasteiger partial charge in [-0.1, -0.05) is 44.2 Å². The van der Waals surface area contributed by atoms with Crippen LogP contribution in [0.5, 0.6) is 0 Å². The average Bonchev–Trinajstić information content (AvgIpc) is 3.11. The first-order valence-electron chi connectivity index (χ1n) is 10.5. The van der Waals surface area contributed by atoms with Gasteiger partial charge in [0, 0.05) is 46.3 Å². The highest BCUT2D eigenvalue weighted by Crippen LogP contribution is 2.21. The lowest BCUT2D eigenvalue weighted by molar-refractivity contribution is -0.0286. The maximum atomic E-state index is 5.97. The second-order valence-corrected chi connectivity index (χ2v) is 8.36. The molecule has 0 aromatic heterocycles. The van der Waals surface area contributed by atoms with Crippen molar-refractivity contribution in [3.63, 3.8) is 0 Å². The Morgan fingerprint density at radius 2 is 2.04 bits per heavy atom. The van der Waals surface area contributed by atoms with Gasteiger partial charge in [0.2, 0.25) is 0 Å². The number of nitrogens with one attached hydrogen (secondary N) is 1. The average molecular weight is 373 g/mol. The zero-order valence-corrected chi connectivity index (χ0v) is 17.2. The number of likely N-dealkylation sites (tertiary alicyclic amines) is 1. The molecule has 0 amide bonds. The van der Waals surface area contributed by atoms with Crippen molar-refractivity contribution >= 4 is 5.96 Å². The van der Waals surface area contributed by atoms with E-state index in [1.54, 1.807) is 0 Å². The smallest absolute Gasteiger partial charge is 0.193 e. The van der Waals surface area contributed by atoms with Crippen molar-refractivity contribution in [2.45, 2.75) is 32.8 Å². The van der Waals surface area contributed by atoms with Crippen molar-refractivity contribution in [3.05, 3.63) is 35.9 Å². The molecule has 5 nitrogen and oxygen atoms in total. The predicted molar refractivity (Wildman–Crippen MR) is 112 cm³/mol. The minimum Gasteiger partial charge on any atom is -0.374 e. The van der Waals surface area contributed by atoms with Gasteiger partial charge in [-0.15, -0.1) is 0 Å². The molecule has 0 radical (unpaired) electrons. The molecule has 2 aliphatic rings. The largest absolute Gasteiger partial charge is 0.374 e. The summed E-state index contributed by atoms with van der Waals surface area (Å²) in [6, 6.07) is 10.8. The van der Waals surface area contributed by atoms with Crippen LogP contribution in [0, 0.1) is 11.8 Å². The monoisotopic (exact) mass is 372 g/mol. The highest BCUT2D eigenvalue weighted by molar-refractivity contribution is 5.80. The maximum Gasteiger partial charge on any atom is 0.193 e. The molecule has 5 heteroatoms. The molecule has 27 heavy (non-hydrogen) atoms. The van der Waals surface area contributed by atoms with Gasteiger partial charge in [-0.3, -0.25) is 9.89 Å². The fourth-order valence-corrected chi connectivity index (χ4v) is 4.26. The number of hydrogen-bond acceptors (Lipinski definition) is 3. The van der Waals surface area contributed by atoms with Gasteiger partial charge in [-0.2, -0.15) is 0 Å². The first kappa shape index (κ1) is 20.2. The molecule has 1 N–H and O–H groups in total. The minimum atomic E-state index is 0.247. The molecule has 2 aliphatic heterocycles. The molecule has 0 aliphatic carbocycles. The zero-order valence-electron chi connectivity index (χ0n) is 17.2. The number of benzene rings is 1. The van der Waals surface area contributed by atoms with Crippen LogP contribution in [0.15, 0.2) is 35.3 Å². The summed E-state index contributed by atoms with van der Waals surface area (Å²) in [6.07, 6.45) is 2.64. The summed E-state index contributed by atoms with van der Waals surface area (Å²) >= 11 is 0. The number of rotatable bonds is 6. The molecule has 1 aromatic rings. The molecule has 2 heterocycles. The van der Waals surface area contributed by atoms with E-state index in [4.69, 9.17) is 4.74 Å². The Bertz CT molecular complexity index is 589. The summed E-state index contributed by atoms with van der Waals surface area (Å²) in [5.41, 5.74) is 1.44. The van der Waals surface area contributed by atoms with Gasteiger partial charge in [0.15, 0.2) is 5.96 Å². The Morgan fingerprint density at radius 3 is 2.78 bits per heavy atom. The number of nitrogens with zero attached hydrogens (tertiary/aromatic N) is 3. The summed E-state index contributed by atoms with van der Waals surface area (Å²) in [5.74, 6) is 2.43. The van der Waals surface area contributed by atoms with Crippen LogP contribution in [0.3, 0.4) is 0 Å². The van der Waals surface area contributed by atoms with Crippen LogP contribution in [0.2, 0.25) is 0 Å². The van der Waals surface area contributed by atoms with E-state index >= 15 is 0 Å². The summed E-state index contributed by atoms with van der Waals surface area (Å²) in [5, 5.41) is 3.56. The standard InChI is InChI=1S/C22H36N4O/c1-18(2)15-25-11-12-27-21(17-25)14-24-22(23-3)26-10-9-20(16-26)13-19-7-5-4-6-8-19/h4-8,18,20-21H,9-17H2,1-3H3,(H,23,24). The molecular weight excluding hydrogens is 336 g/mol. The van der Waals surface area contributed by atoms with Crippen molar-refractivity contribution in [3.8, 4) is 0 Å². The number of aliphatic imine (C=N–C) groups is 1. The van der Waals surface area contributed by atoms with Crippen LogP contribution >= 0.6 is 0 Å². The molecule has 2 unspecified atom stereocenters. The lowest BCUT2D eigenvalue weighted by atomic mass is 9.99. The predicted octanol–water partition coefficient (Wildman–Crippen LogP) is 2.48. The number of guanidine groups is 1. The van der Waals surface area contributed by atoms with E-state index in [1.807, 2.05) is 7.05 Å². The molecule has 2 fully saturated rings. The van der Waals surface area contributed by atoms with Crippen LogP contribution in [-0.4, -0.2) is 74.8 Å². The minimum absolute atomic E-state index is 0.247. The third-order valence-corrected chi connectivity index (χ3v) is 5.50. The summed E-state index contributed by atoms with van der Waals surface area (Å²) in [4.78, 5) is 9.45. The van der Waals surface area contributed by atoms with E-state index in [1.165, 1.54) is 12.0 Å². The van der Waals surface area contributed by atoms with Crippen LogP contribution in [0.25, 0.3) is 0 Å². The van der Waals surface area contributed by atoms with Crippen LogP contribution in [0.4, 0.5) is 0 Å². The topological polar surface area (TPSA) is 40.1 Å². The zero-order chi connectivity index (χ0) is 19.1. The number of morpholine rings is 1. The van der Waals surface area contributed by atoms with Gasteiger partial charge in [-0.25, -0.2) is 0 Å². The first-order valence-corrected chi connectivity index (χ1v) is 10.5. The molecule has 150 valence electrons. The van der Waals surface area contributed by atoms with Gasteiger partial charge in [0.05, 0.1) is 12.7 Å². The Morgan fingerprint density at radius 1 is 1.22 bits per heavy atom. The number of ether oxygens (including phenoxy) is 1. The second kappa shape index (κ2) is 10.1. The van der Waals surface area contributed by atoms with Crippen LogP contribution in [-0.2, 0) is 11.2 Å². The highest BCUT2D eigenvalue weighted by Gasteiger charge is 2.26. The fraction of sp³-hybridized carbons (Fsp3) is 0.682. The fourth-order valence-electron chi connectivity index (χ4n) is 4.26. The molecule has 0 saturated carbocycles. The van der Waals surface area contributed by atoms with Gasteiger partial charge in [0.1, 0.15) is 0 Å². The van der Waals surface area contributed by atoms with Crippen molar-refractivity contribution in [2.24, 2.45) is 16.8 Å². The lowest BCUT2D eigenvalue weighted by Gasteiger charge is -2.34. The number of hydrogen-bond donors (Lipinski definition) is 1. The summed E-state index contributed by atoms with van der Waals surface area (Å²) in [7, 11) is 1.89. The van der Waals surface area contributed by atoms with E-state index < -0.39 is 0 Å². The molecule has 3 rings (SSSR count). The van der Waals surface area contributed by atoms with Gasteiger partial charge in [-0.05, 0) is 30.2 Å². The third-order valence-electron chi connectivity index (χ3n) is 5.50. The van der Waals surface area contributed by atoms with Gasteiger partial charge < -0.3 is 15.0 Å². The molecular formula is C22H36N4O. The quantitative estimate of drug-likeness (QED) is 0.615. The maximum absolute atomic E-state index is 5.97. The van der Waals surface area contributed by atoms with E-state index in [9.17, 15) is 0 Å². The van der Waals surface area contributed by atoms with E-state index in [0.717, 1.165) is 58.3 Å². The van der Waals surface area contributed by atoms with Crippen molar-refractivity contribution in [2.75, 3.05) is 52.9 Å². The Balaban J connectivity index is 1.44. The molecule has 2 atom stereocenters. The second-order valence-electron chi connectivity index (χ2n) is 8.36. The molecule has 2 saturated heterocycles. The van der Waals surface area contributed by atoms with Gasteiger partial charge >= 0.3 is 0 Å². The van der Waals surface area contributed by atoms with Crippen LogP contribution < -0.4 is 5.32 Å². The van der Waals surface area contributed by atoms with E-state index in [2.05, 4.69) is 64.3 Å². The summed E-state index contributed by atoms with van der Waals surface area (Å²) in [6.45, 7) is 11.6. The molecule has 1 aromatic carbocycles. The Hall–Kier alpha value is -1.59. The van der Waals surface area contributed by atoms with Gasteiger partial charge in [0.25, 0.3) is 0 Å². The van der Waals surface area contributed by atoms with E-state index in [-0.39, 0.29) is 6.10 Å². The molecule has 0 spiro atoms. The molecule has 0 bridgehead atoms. The van der Waals surface area contributed by atoms with Crippen molar-refractivity contribution < 1.29 is 4.74 Å². The SMILES string of the molecule is CN=C(NCC1CN(CC(C)C)CCO1)N1CCC(Cc2ccccc2)C1. The third kappa shape index (κ3) is 6.22. The Kier molecular flexibility index (Phi) is 7.53. The summed E-state index contributed by atoms with van der Waals surface area (Å²) < 4.78 is 5.97. The van der Waals surface area contributed by atoms with Crippen molar-refractivity contribution in [1.29, 1.82) is 0 Å². The first-order chi connectivity index (χ1) is 13.1. The normalized spacial score (nSPS) is 24.6. The lowest BCUT2D eigenvalue weighted by Crippen LogP contribution is -2.50. The van der Waals surface area contributed by atoms with E-state index in [0.29, 0.717) is 11.8 Å². The highest BCUT2D eigenvalue weighted by atomic mass is 16.5. The van der Waals surface area contributed by atoms with Crippen molar-refractivity contribution in [1.82, 2.24) is 15.1 Å².